The van der Waals surface area contributed by atoms with Crippen LogP contribution in [0.15, 0.2) is 53.1 Å². The summed E-state index contributed by atoms with van der Waals surface area (Å²) < 4.78 is 5.38. The molecule has 3 heterocycles. The molecule has 0 aliphatic carbocycles. The van der Waals surface area contributed by atoms with Crippen molar-refractivity contribution in [2.24, 2.45) is 0 Å². The van der Waals surface area contributed by atoms with Crippen molar-refractivity contribution >= 4 is 22.6 Å². The number of furan rings is 1. The molecular formula is C22H25N3O2. The number of pyridine rings is 1. The lowest BCUT2D eigenvalue weighted by molar-refractivity contribution is 0.0938. The number of aryl methyl sites for hydroxylation is 1. The van der Waals surface area contributed by atoms with Gasteiger partial charge in [-0.2, -0.15) is 0 Å². The quantitative estimate of drug-likeness (QED) is 0.714. The van der Waals surface area contributed by atoms with Crippen LogP contribution < -0.4 is 10.2 Å². The predicted molar refractivity (Wildman–Crippen MR) is 107 cm³/mol. The standard InChI is InChI=1S/C22H25N3O2/c1-16(10-11-18-8-6-14-27-18)23-22(26)19-15-17-7-2-3-9-20(17)24-21(19)25-12-4-5-13-25/h2-3,6-9,14-16H,4-5,10-13H2,1H3,(H,23,26). The predicted octanol–water partition coefficient (Wildman–Crippen LogP) is 4.18. The molecule has 2 aromatic heterocycles. The summed E-state index contributed by atoms with van der Waals surface area (Å²) in [6, 6.07) is 13.9. The molecule has 1 unspecified atom stereocenters. The van der Waals surface area contributed by atoms with Gasteiger partial charge in [-0.1, -0.05) is 18.2 Å². The Hall–Kier alpha value is -2.82. The van der Waals surface area contributed by atoms with E-state index in [-0.39, 0.29) is 11.9 Å². The van der Waals surface area contributed by atoms with Crippen molar-refractivity contribution in [3.63, 3.8) is 0 Å². The number of carbonyl (C=O) groups excluding carboxylic acids is 1. The van der Waals surface area contributed by atoms with Gasteiger partial charge in [0.15, 0.2) is 0 Å². The van der Waals surface area contributed by atoms with Crippen molar-refractivity contribution < 1.29 is 9.21 Å². The highest BCUT2D eigenvalue weighted by atomic mass is 16.3. The van der Waals surface area contributed by atoms with Crippen molar-refractivity contribution in [3.05, 3.63) is 60.1 Å². The van der Waals surface area contributed by atoms with E-state index in [1.165, 1.54) is 0 Å². The normalized spacial score (nSPS) is 15.2. The Morgan fingerprint density at radius 3 is 2.81 bits per heavy atom. The third kappa shape index (κ3) is 3.97. The number of hydrogen-bond acceptors (Lipinski definition) is 4. The number of aromatic nitrogens is 1. The molecular weight excluding hydrogens is 338 g/mol. The van der Waals surface area contributed by atoms with Gasteiger partial charge in [-0.25, -0.2) is 4.98 Å². The van der Waals surface area contributed by atoms with Gasteiger partial charge in [0.2, 0.25) is 0 Å². The van der Waals surface area contributed by atoms with E-state index in [0.29, 0.717) is 5.56 Å². The first-order chi connectivity index (χ1) is 13.2. The zero-order valence-electron chi connectivity index (χ0n) is 15.6. The summed E-state index contributed by atoms with van der Waals surface area (Å²) in [6.45, 7) is 3.95. The van der Waals surface area contributed by atoms with Crippen LogP contribution in [0.3, 0.4) is 0 Å². The second-order valence-corrected chi connectivity index (χ2v) is 7.24. The molecule has 3 aromatic rings. The molecule has 1 amide bonds. The molecule has 1 aliphatic rings. The van der Waals surface area contributed by atoms with Crippen molar-refractivity contribution in [1.82, 2.24) is 10.3 Å². The Balaban J connectivity index is 1.55. The number of nitrogens with one attached hydrogen (secondary N) is 1. The number of hydrogen-bond donors (Lipinski definition) is 1. The second kappa shape index (κ2) is 7.82. The van der Waals surface area contributed by atoms with Crippen LogP contribution in [0.4, 0.5) is 5.82 Å². The van der Waals surface area contributed by atoms with Gasteiger partial charge < -0.3 is 14.6 Å². The van der Waals surface area contributed by atoms with Gasteiger partial charge in [-0.15, -0.1) is 0 Å². The van der Waals surface area contributed by atoms with Gasteiger partial charge in [0.25, 0.3) is 5.91 Å². The summed E-state index contributed by atoms with van der Waals surface area (Å²) in [5.74, 6) is 1.70. The molecule has 140 valence electrons. The smallest absolute Gasteiger partial charge is 0.255 e. The summed E-state index contributed by atoms with van der Waals surface area (Å²) in [7, 11) is 0. The van der Waals surface area contributed by atoms with Crippen LogP contribution in [-0.4, -0.2) is 30.0 Å². The first-order valence-electron chi connectivity index (χ1n) is 9.69. The highest BCUT2D eigenvalue weighted by Crippen LogP contribution is 2.26. The molecule has 1 saturated heterocycles. The fraction of sp³-hybridized carbons (Fsp3) is 0.364. The van der Waals surface area contributed by atoms with Gasteiger partial charge >= 0.3 is 0 Å². The molecule has 0 radical (unpaired) electrons. The van der Waals surface area contributed by atoms with Crippen LogP contribution in [0.5, 0.6) is 0 Å². The molecule has 0 spiro atoms. The van der Waals surface area contributed by atoms with Crippen LogP contribution in [-0.2, 0) is 6.42 Å². The molecule has 1 atom stereocenters. The molecule has 1 aromatic carbocycles. The summed E-state index contributed by atoms with van der Waals surface area (Å²) in [6.07, 6.45) is 5.62. The third-order valence-electron chi connectivity index (χ3n) is 5.14. The van der Waals surface area contributed by atoms with Crippen LogP contribution in [0, 0.1) is 0 Å². The SMILES string of the molecule is CC(CCc1ccco1)NC(=O)c1cc2ccccc2nc1N1CCCC1. The van der Waals surface area contributed by atoms with Gasteiger partial charge in [0.05, 0.1) is 17.3 Å². The summed E-state index contributed by atoms with van der Waals surface area (Å²) in [5, 5.41) is 4.13. The minimum atomic E-state index is -0.0536. The average Bonchev–Trinajstić information content (AvgIpc) is 3.39. The lowest BCUT2D eigenvalue weighted by atomic mass is 10.1. The molecule has 1 N–H and O–H groups in total. The number of carbonyl (C=O) groups is 1. The molecule has 1 fully saturated rings. The number of benzene rings is 1. The van der Waals surface area contributed by atoms with Crippen LogP contribution in [0.2, 0.25) is 0 Å². The largest absolute Gasteiger partial charge is 0.469 e. The zero-order valence-corrected chi connectivity index (χ0v) is 15.6. The van der Waals surface area contributed by atoms with Crippen LogP contribution >= 0.6 is 0 Å². The lowest BCUT2D eigenvalue weighted by Crippen LogP contribution is -2.34. The molecule has 0 bridgehead atoms. The van der Waals surface area contributed by atoms with E-state index in [4.69, 9.17) is 9.40 Å². The monoisotopic (exact) mass is 363 g/mol. The number of fused-ring (bicyclic) bond motifs is 1. The van der Waals surface area contributed by atoms with Crippen molar-refractivity contribution in [2.45, 2.75) is 38.6 Å². The van der Waals surface area contributed by atoms with E-state index < -0.39 is 0 Å². The highest BCUT2D eigenvalue weighted by Gasteiger charge is 2.22. The molecule has 4 rings (SSSR count). The maximum absolute atomic E-state index is 13.0. The number of nitrogens with zero attached hydrogens (tertiary/aromatic N) is 2. The lowest BCUT2D eigenvalue weighted by Gasteiger charge is -2.21. The highest BCUT2D eigenvalue weighted by molar-refractivity contribution is 6.02. The van der Waals surface area contributed by atoms with Gasteiger partial charge in [-0.3, -0.25) is 4.79 Å². The molecule has 1 aliphatic heterocycles. The maximum Gasteiger partial charge on any atom is 0.255 e. The molecule has 27 heavy (non-hydrogen) atoms. The number of rotatable bonds is 6. The number of para-hydroxylation sites is 1. The number of amides is 1. The van der Waals surface area contributed by atoms with Gasteiger partial charge in [-0.05, 0) is 50.5 Å². The fourth-order valence-electron chi connectivity index (χ4n) is 3.63. The first kappa shape index (κ1) is 17.6. The van der Waals surface area contributed by atoms with E-state index in [9.17, 15) is 4.79 Å². The zero-order chi connectivity index (χ0) is 18.6. The Bertz CT molecular complexity index is 914. The first-order valence-corrected chi connectivity index (χ1v) is 9.69. The minimum Gasteiger partial charge on any atom is -0.469 e. The Kier molecular flexibility index (Phi) is 5.10. The van der Waals surface area contributed by atoms with Crippen LogP contribution in [0.1, 0.15) is 42.3 Å². The van der Waals surface area contributed by atoms with Crippen molar-refractivity contribution in [1.29, 1.82) is 0 Å². The fourth-order valence-corrected chi connectivity index (χ4v) is 3.63. The maximum atomic E-state index is 13.0. The summed E-state index contributed by atoms with van der Waals surface area (Å²) in [5.41, 5.74) is 1.60. The van der Waals surface area contributed by atoms with E-state index in [1.807, 2.05) is 49.4 Å². The topological polar surface area (TPSA) is 58.4 Å². The Morgan fingerprint density at radius 2 is 2.04 bits per heavy atom. The summed E-state index contributed by atoms with van der Waals surface area (Å²) in [4.78, 5) is 20.1. The van der Waals surface area contributed by atoms with E-state index in [1.54, 1.807) is 6.26 Å². The van der Waals surface area contributed by atoms with E-state index in [0.717, 1.165) is 61.3 Å². The van der Waals surface area contributed by atoms with E-state index in [2.05, 4.69) is 10.2 Å². The average molecular weight is 363 g/mol. The van der Waals surface area contributed by atoms with Crippen LogP contribution in [0.25, 0.3) is 10.9 Å². The molecule has 5 nitrogen and oxygen atoms in total. The van der Waals surface area contributed by atoms with E-state index >= 15 is 0 Å². The van der Waals surface area contributed by atoms with Crippen molar-refractivity contribution in [3.8, 4) is 0 Å². The molecule has 5 heteroatoms. The Labute approximate surface area is 159 Å². The molecule has 0 saturated carbocycles. The van der Waals surface area contributed by atoms with Gasteiger partial charge in [0, 0.05) is 30.9 Å². The van der Waals surface area contributed by atoms with Gasteiger partial charge in [0.1, 0.15) is 11.6 Å². The van der Waals surface area contributed by atoms with Crippen molar-refractivity contribution in [2.75, 3.05) is 18.0 Å². The second-order valence-electron chi connectivity index (χ2n) is 7.24. The Morgan fingerprint density at radius 1 is 1.22 bits per heavy atom. The minimum absolute atomic E-state index is 0.0536. The summed E-state index contributed by atoms with van der Waals surface area (Å²) >= 11 is 0. The number of anilines is 1. The third-order valence-corrected chi connectivity index (χ3v) is 5.14.